The van der Waals surface area contributed by atoms with Crippen molar-refractivity contribution in [2.75, 3.05) is 14.2 Å². The molecule has 0 unspecified atom stereocenters. The first-order chi connectivity index (χ1) is 8.13. The standard InChI is InChI=1S/C13H13BrNO2.Y/c1-15-12(4-3-5-13(15)16)10-7-6-9(17-2)8-11(10)14;/h6-8H,3,5H2,1-2H3;/q-1;. The van der Waals surface area contributed by atoms with Gasteiger partial charge in [-0.2, -0.15) is 0 Å². The first-order valence-corrected chi connectivity index (χ1v) is 6.14. The normalized spacial score (nSPS) is 14.9. The van der Waals surface area contributed by atoms with Crippen molar-refractivity contribution < 1.29 is 42.2 Å². The van der Waals surface area contributed by atoms with E-state index in [-0.39, 0.29) is 38.6 Å². The van der Waals surface area contributed by atoms with Crippen LogP contribution >= 0.6 is 15.9 Å². The Labute approximate surface area is 141 Å². The van der Waals surface area contributed by atoms with Gasteiger partial charge in [0.05, 0.1) is 7.11 Å². The molecule has 1 heterocycles. The number of carbonyl (C=O) groups is 1. The van der Waals surface area contributed by atoms with Crippen LogP contribution in [0.1, 0.15) is 18.4 Å². The van der Waals surface area contributed by atoms with Crippen LogP contribution in [-0.2, 0) is 37.5 Å². The molecule has 1 radical (unpaired) electrons. The fourth-order valence-corrected chi connectivity index (χ4v) is 2.34. The average molecular weight is 384 g/mol. The third-order valence-corrected chi connectivity index (χ3v) is 3.43. The van der Waals surface area contributed by atoms with Crippen molar-refractivity contribution in [2.24, 2.45) is 0 Å². The number of methoxy groups -OCH3 is 1. The van der Waals surface area contributed by atoms with Gasteiger partial charge in [0.2, 0.25) is 5.91 Å². The molecule has 0 aromatic heterocycles. The monoisotopic (exact) mass is 383 g/mol. The van der Waals surface area contributed by atoms with Gasteiger partial charge < -0.3 is 9.64 Å². The van der Waals surface area contributed by atoms with Crippen molar-refractivity contribution in [3.8, 4) is 5.75 Å². The van der Waals surface area contributed by atoms with Gasteiger partial charge in [-0.25, -0.2) is 6.08 Å². The van der Waals surface area contributed by atoms with E-state index in [0.717, 1.165) is 21.5 Å². The number of allylic oxidation sites excluding steroid dienone is 1. The molecule has 0 saturated heterocycles. The Hall–Kier alpha value is -0.186. The van der Waals surface area contributed by atoms with E-state index in [2.05, 4.69) is 22.0 Å². The smallest absolute Gasteiger partial charge is 0.222 e. The van der Waals surface area contributed by atoms with Crippen molar-refractivity contribution in [1.29, 1.82) is 0 Å². The minimum absolute atomic E-state index is 0. The minimum Gasteiger partial charge on any atom is -0.497 e. The largest absolute Gasteiger partial charge is 0.497 e. The second-order valence-electron chi connectivity index (χ2n) is 3.82. The molecule has 1 amide bonds. The van der Waals surface area contributed by atoms with E-state index >= 15 is 0 Å². The van der Waals surface area contributed by atoms with Crippen molar-refractivity contribution in [3.05, 3.63) is 34.3 Å². The minimum atomic E-state index is 0. The van der Waals surface area contributed by atoms with Gasteiger partial charge in [0.25, 0.3) is 0 Å². The van der Waals surface area contributed by atoms with Gasteiger partial charge in [-0.15, -0.1) is 23.7 Å². The summed E-state index contributed by atoms with van der Waals surface area (Å²) in [4.78, 5) is 13.3. The fraction of sp³-hybridized carbons (Fsp3) is 0.308. The Morgan fingerprint density at radius 3 is 2.78 bits per heavy atom. The van der Waals surface area contributed by atoms with Gasteiger partial charge in [-0.1, -0.05) is 20.4 Å². The molecule has 0 spiro atoms. The molecule has 1 aliphatic heterocycles. The van der Waals surface area contributed by atoms with E-state index in [1.807, 2.05) is 18.2 Å². The molecule has 1 aromatic carbocycles. The predicted octanol–water partition coefficient (Wildman–Crippen LogP) is 2.85. The molecule has 3 nitrogen and oxygen atoms in total. The maximum absolute atomic E-state index is 11.6. The summed E-state index contributed by atoms with van der Waals surface area (Å²) in [5, 5.41) is 0. The number of carbonyl (C=O) groups excluding carboxylic acids is 1. The average Bonchev–Trinajstić information content (AvgIpc) is 2.33. The van der Waals surface area contributed by atoms with Crippen LogP contribution in [0.15, 0.2) is 22.7 Å². The molecular weight excluding hydrogens is 371 g/mol. The maximum Gasteiger partial charge on any atom is 0.222 e. The van der Waals surface area contributed by atoms with E-state index in [0.29, 0.717) is 12.8 Å². The molecule has 1 aromatic rings. The second kappa shape index (κ2) is 6.83. The first kappa shape index (κ1) is 15.9. The molecule has 0 N–H and O–H groups in total. The van der Waals surface area contributed by atoms with E-state index < -0.39 is 0 Å². The summed E-state index contributed by atoms with van der Waals surface area (Å²) in [6.45, 7) is 0. The number of rotatable bonds is 2. The van der Waals surface area contributed by atoms with Crippen LogP contribution in [0.2, 0.25) is 0 Å². The number of hydrogen-bond acceptors (Lipinski definition) is 2. The number of benzene rings is 1. The summed E-state index contributed by atoms with van der Waals surface area (Å²) in [5.41, 5.74) is 1.79. The topological polar surface area (TPSA) is 29.5 Å². The van der Waals surface area contributed by atoms with Crippen molar-refractivity contribution >= 4 is 27.5 Å². The van der Waals surface area contributed by atoms with E-state index in [1.54, 1.807) is 19.1 Å². The molecule has 0 atom stereocenters. The van der Waals surface area contributed by atoms with E-state index in [1.165, 1.54) is 0 Å². The molecule has 93 valence electrons. The second-order valence-corrected chi connectivity index (χ2v) is 4.68. The SMILES string of the molecule is COc1ccc(C2=[C-]CCC(=O)N2C)c(Br)c1.[Y]. The van der Waals surface area contributed by atoms with Gasteiger partial charge in [-0.05, 0) is 12.1 Å². The van der Waals surface area contributed by atoms with Crippen molar-refractivity contribution in [1.82, 2.24) is 4.90 Å². The Balaban J connectivity index is 0.00000162. The van der Waals surface area contributed by atoms with Crippen LogP contribution in [0.4, 0.5) is 0 Å². The Kier molecular flexibility index (Phi) is 6.02. The van der Waals surface area contributed by atoms with Crippen molar-refractivity contribution in [2.45, 2.75) is 12.8 Å². The zero-order valence-corrected chi connectivity index (χ0v) is 14.8. The third-order valence-electron chi connectivity index (χ3n) is 2.77. The molecular formula is C13H13BrNO2Y-. The Morgan fingerprint density at radius 2 is 2.17 bits per heavy atom. The predicted molar refractivity (Wildman–Crippen MR) is 69.3 cm³/mol. The molecule has 0 bridgehead atoms. The molecule has 5 heteroatoms. The van der Waals surface area contributed by atoms with Gasteiger partial charge in [0, 0.05) is 46.2 Å². The Morgan fingerprint density at radius 1 is 1.44 bits per heavy atom. The zero-order chi connectivity index (χ0) is 12.4. The number of nitrogens with zero attached hydrogens (tertiary/aromatic N) is 1. The van der Waals surface area contributed by atoms with Crippen LogP contribution in [0.3, 0.4) is 0 Å². The zero-order valence-electron chi connectivity index (χ0n) is 10.4. The Bertz CT molecular complexity index is 488. The summed E-state index contributed by atoms with van der Waals surface area (Å²) in [5.74, 6) is 0.910. The van der Waals surface area contributed by atoms with Gasteiger partial charge in [0.1, 0.15) is 5.75 Å². The van der Waals surface area contributed by atoms with Crippen LogP contribution in [0, 0.1) is 6.08 Å². The number of hydrogen-bond donors (Lipinski definition) is 0. The first-order valence-electron chi connectivity index (χ1n) is 5.35. The van der Waals surface area contributed by atoms with Gasteiger partial charge >= 0.3 is 0 Å². The number of amides is 1. The molecule has 2 rings (SSSR count). The number of ether oxygens (including phenoxy) is 1. The van der Waals surface area contributed by atoms with Gasteiger partial charge in [-0.3, -0.25) is 4.79 Å². The molecule has 0 aliphatic carbocycles. The van der Waals surface area contributed by atoms with Gasteiger partial charge in [0.15, 0.2) is 0 Å². The van der Waals surface area contributed by atoms with E-state index in [9.17, 15) is 4.79 Å². The van der Waals surface area contributed by atoms with Crippen LogP contribution < -0.4 is 4.74 Å². The van der Waals surface area contributed by atoms with Crippen molar-refractivity contribution in [3.63, 3.8) is 0 Å². The third kappa shape index (κ3) is 3.22. The summed E-state index contributed by atoms with van der Waals surface area (Å²) < 4.78 is 6.05. The quantitative estimate of drug-likeness (QED) is 0.735. The van der Waals surface area contributed by atoms with Crippen LogP contribution in [0.5, 0.6) is 5.75 Å². The molecule has 1 aliphatic rings. The van der Waals surface area contributed by atoms with Crippen LogP contribution in [-0.4, -0.2) is 25.0 Å². The molecule has 0 fully saturated rings. The summed E-state index contributed by atoms with van der Waals surface area (Å²) in [7, 11) is 3.41. The van der Waals surface area contributed by atoms with E-state index in [4.69, 9.17) is 4.74 Å². The van der Waals surface area contributed by atoms with Crippen LogP contribution in [0.25, 0.3) is 5.70 Å². The fourth-order valence-electron chi connectivity index (χ4n) is 1.79. The molecule has 18 heavy (non-hydrogen) atoms. The maximum atomic E-state index is 11.6. The molecule has 0 saturated carbocycles. The number of halogens is 1. The summed E-state index contributed by atoms with van der Waals surface area (Å²) >= 11 is 3.49. The summed E-state index contributed by atoms with van der Waals surface area (Å²) in [6.07, 6.45) is 4.46. The summed E-state index contributed by atoms with van der Waals surface area (Å²) in [6, 6.07) is 5.69.